The number of carbonyl (C=O) groups is 5. The molecule has 1 saturated heterocycles. The number of esters is 1. The highest BCUT2D eigenvalue weighted by Gasteiger charge is 2.45. The summed E-state index contributed by atoms with van der Waals surface area (Å²) in [4.78, 5) is 62.1. The van der Waals surface area contributed by atoms with Crippen molar-refractivity contribution in [2.24, 2.45) is 0 Å². The molecule has 2 aliphatic heterocycles. The first-order valence-corrected chi connectivity index (χ1v) is 12.5. The van der Waals surface area contributed by atoms with Gasteiger partial charge in [-0.3, -0.25) is 34.2 Å². The van der Waals surface area contributed by atoms with Crippen molar-refractivity contribution in [2.75, 3.05) is 38.3 Å². The van der Waals surface area contributed by atoms with Crippen LogP contribution in [0.4, 0.5) is 27.6 Å². The largest absolute Gasteiger partial charge is 0.420 e. The van der Waals surface area contributed by atoms with Crippen molar-refractivity contribution >= 4 is 35.3 Å². The molecular weight excluding hydrogens is 577 g/mol. The number of anilines is 1. The second kappa shape index (κ2) is 13.0. The van der Waals surface area contributed by atoms with Gasteiger partial charge in [0.1, 0.15) is 6.04 Å². The van der Waals surface area contributed by atoms with Crippen LogP contribution in [0.5, 0.6) is 5.75 Å². The molecule has 1 fully saturated rings. The Bertz CT molecular complexity index is 1420. The van der Waals surface area contributed by atoms with Crippen LogP contribution in [0.15, 0.2) is 18.2 Å². The summed E-state index contributed by atoms with van der Waals surface area (Å²) in [6.07, 6.45) is -0.525. The number of nitrogens with one attached hydrogen (secondary N) is 2. The zero-order chi connectivity index (χ0) is 30.6. The van der Waals surface area contributed by atoms with Gasteiger partial charge in [0.05, 0.1) is 44.0 Å². The topological polar surface area (TPSA) is 140 Å². The summed E-state index contributed by atoms with van der Waals surface area (Å²) < 4.78 is 81.3. The first-order chi connectivity index (χ1) is 20.0. The summed E-state index contributed by atoms with van der Waals surface area (Å²) >= 11 is 0. The zero-order valence-corrected chi connectivity index (χ0v) is 21.6. The molecule has 0 radical (unpaired) electrons. The average molecular weight is 599 g/mol. The van der Waals surface area contributed by atoms with Crippen molar-refractivity contribution < 1.29 is 60.1 Å². The molecule has 224 valence electrons. The summed E-state index contributed by atoms with van der Waals surface area (Å²) in [6, 6.07) is 3.50. The average Bonchev–Trinajstić information content (AvgIpc) is 3.22. The molecular formula is C26H22F5N3O8. The minimum atomic E-state index is -2.38. The predicted molar refractivity (Wildman–Crippen MR) is 130 cm³/mol. The van der Waals surface area contributed by atoms with Crippen LogP contribution in [0.3, 0.4) is 0 Å². The van der Waals surface area contributed by atoms with Crippen LogP contribution >= 0.6 is 0 Å². The molecule has 0 aromatic heterocycles. The standard InChI is InChI=1S/C26H22F5N3O8/c27-18-19(28)21(30)23(22(31)20(18)29)42-16(36)6-8-40-10-11-41-9-7-32-13-3-1-2-12-17(13)26(39)34(25(12)38)14-4-5-15(35)33-24(14)37/h1-3,14,32H,4-11H2,(H,33,35,37). The molecule has 2 N–H and O–H groups in total. The number of ether oxygens (including phenoxy) is 3. The Morgan fingerprint density at radius 2 is 1.52 bits per heavy atom. The Morgan fingerprint density at radius 3 is 2.19 bits per heavy atom. The number of hydrogen-bond acceptors (Lipinski definition) is 9. The summed E-state index contributed by atoms with van der Waals surface area (Å²) in [6.45, 7) is 0.0388. The highest BCUT2D eigenvalue weighted by molar-refractivity contribution is 6.25. The number of halogens is 5. The van der Waals surface area contributed by atoms with Crippen LogP contribution in [0.2, 0.25) is 0 Å². The van der Waals surface area contributed by atoms with Gasteiger partial charge in [0, 0.05) is 18.7 Å². The molecule has 0 bridgehead atoms. The van der Waals surface area contributed by atoms with E-state index in [1.54, 1.807) is 12.1 Å². The summed E-state index contributed by atoms with van der Waals surface area (Å²) in [5.41, 5.74) is 0.545. The molecule has 4 rings (SSSR count). The number of imide groups is 2. The lowest BCUT2D eigenvalue weighted by Gasteiger charge is -2.27. The zero-order valence-electron chi connectivity index (χ0n) is 21.6. The number of benzene rings is 2. The third kappa shape index (κ3) is 6.23. The van der Waals surface area contributed by atoms with Crippen molar-refractivity contribution in [3.8, 4) is 5.75 Å². The van der Waals surface area contributed by atoms with E-state index in [0.29, 0.717) is 5.69 Å². The second-order valence-electron chi connectivity index (χ2n) is 8.95. The van der Waals surface area contributed by atoms with E-state index in [2.05, 4.69) is 15.4 Å². The lowest BCUT2D eigenvalue weighted by atomic mass is 10.0. The number of carbonyl (C=O) groups excluding carboxylic acids is 5. The number of hydrogen-bond donors (Lipinski definition) is 2. The van der Waals surface area contributed by atoms with Crippen molar-refractivity contribution in [1.29, 1.82) is 0 Å². The summed E-state index contributed by atoms with van der Waals surface area (Å²) in [5.74, 6) is -16.9. The van der Waals surface area contributed by atoms with Gasteiger partial charge in [-0.1, -0.05) is 6.07 Å². The minimum absolute atomic E-state index is 0.00152. The molecule has 1 atom stereocenters. The van der Waals surface area contributed by atoms with Crippen LogP contribution in [-0.4, -0.2) is 73.5 Å². The Kier molecular flexibility index (Phi) is 9.47. The Morgan fingerprint density at radius 1 is 0.881 bits per heavy atom. The molecule has 42 heavy (non-hydrogen) atoms. The fourth-order valence-corrected chi connectivity index (χ4v) is 4.24. The van der Waals surface area contributed by atoms with Gasteiger partial charge < -0.3 is 19.5 Å². The maximum atomic E-state index is 13.6. The highest BCUT2D eigenvalue weighted by atomic mass is 19.2. The van der Waals surface area contributed by atoms with Gasteiger partial charge in [0.25, 0.3) is 11.8 Å². The van der Waals surface area contributed by atoms with Gasteiger partial charge in [-0.15, -0.1) is 0 Å². The third-order valence-electron chi connectivity index (χ3n) is 6.24. The van der Waals surface area contributed by atoms with E-state index in [1.807, 2.05) is 0 Å². The van der Waals surface area contributed by atoms with E-state index in [1.165, 1.54) is 6.07 Å². The lowest BCUT2D eigenvalue weighted by molar-refractivity contribution is -0.137. The van der Waals surface area contributed by atoms with Gasteiger partial charge in [-0.25, -0.2) is 13.2 Å². The fourth-order valence-electron chi connectivity index (χ4n) is 4.24. The summed E-state index contributed by atoms with van der Waals surface area (Å²) in [7, 11) is 0. The number of amides is 4. The smallest absolute Gasteiger partial charge is 0.313 e. The van der Waals surface area contributed by atoms with E-state index >= 15 is 0 Å². The maximum absolute atomic E-state index is 13.6. The van der Waals surface area contributed by atoms with Crippen LogP contribution in [0.25, 0.3) is 0 Å². The normalized spacial score (nSPS) is 16.5. The number of fused-ring (bicyclic) bond motifs is 1. The van der Waals surface area contributed by atoms with Crippen LogP contribution in [0, 0.1) is 29.1 Å². The molecule has 16 heteroatoms. The van der Waals surface area contributed by atoms with E-state index < -0.39 is 76.9 Å². The summed E-state index contributed by atoms with van der Waals surface area (Å²) in [5, 5.41) is 5.11. The Labute approximate surface area is 233 Å². The van der Waals surface area contributed by atoms with E-state index in [9.17, 15) is 45.9 Å². The van der Waals surface area contributed by atoms with Crippen molar-refractivity contribution in [3.05, 3.63) is 58.4 Å². The Balaban J connectivity index is 1.17. The lowest BCUT2D eigenvalue weighted by Crippen LogP contribution is -2.54. The van der Waals surface area contributed by atoms with Crippen LogP contribution in [-0.2, 0) is 23.9 Å². The SMILES string of the molecule is O=C1CCC(N2C(=O)c3cccc(NCCOCCOCCC(=O)Oc4c(F)c(F)c(F)c(F)c4F)c3C2=O)C(=O)N1. The van der Waals surface area contributed by atoms with Gasteiger partial charge in [-0.2, -0.15) is 8.78 Å². The van der Waals surface area contributed by atoms with Gasteiger partial charge in [0.2, 0.25) is 46.6 Å². The molecule has 2 aromatic carbocycles. The molecule has 0 saturated carbocycles. The van der Waals surface area contributed by atoms with E-state index in [-0.39, 0.29) is 56.9 Å². The minimum Gasteiger partial charge on any atom is -0.420 e. The third-order valence-corrected chi connectivity index (χ3v) is 6.24. The van der Waals surface area contributed by atoms with E-state index in [0.717, 1.165) is 4.90 Å². The first kappa shape index (κ1) is 30.5. The molecule has 2 aliphatic rings. The Hall–Kier alpha value is -4.44. The fraction of sp³-hybridized carbons (Fsp3) is 0.346. The molecule has 11 nitrogen and oxygen atoms in total. The second-order valence-corrected chi connectivity index (χ2v) is 8.95. The maximum Gasteiger partial charge on any atom is 0.313 e. The number of nitrogens with zero attached hydrogens (tertiary/aromatic N) is 1. The molecule has 2 aromatic rings. The molecule has 4 amide bonds. The highest BCUT2D eigenvalue weighted by Crippen LogP contribution is 2.32. The predicted octanol–water partition coefficient (Wildman–Crippen LogP) is 2.22. The van der Waals surface area contributed by atoms with Crippen LogP contribution in [0.1, 0.15) is 40.0 Å². The quantitative estimate of drug-likeness (QED) is 0.0715. The molecule has 0 aliphatic carbocycles. The van der Waals surface area contributed by atoms with Gasteiger partial charge in [-0.05, 0) is 18.6 Å². The molecule has 0 spiro atoms. The molecule has 1 unspecified atom stereocenters. The van der Waals surface area contributed by atoms with E-state index in [4.69, 9.17) is 9.47 Å². The van der Waals surface area contributed by atoms with Crippen LogP contribution < -0.4 is 15.4 Å². The molecule has 2 heterocycles. The number of piperidine rings is 1. The van der Waals surface area contributed by atoms with Crippen molar-refractivity contribution in [3.63, 3.8) is 0 Å². The van der Waals surface area contributed by atoms with Gasteiger partial charge >= 0.3 is 5.97 Å². The monoisotopic (exact) mass is 599 g/mol. The van der Waals surface area contributed by atoms with Gasteiger partial charge in [0.15, 0.2) is 0 Å². The van der Waals surface area contributed by atoms with Crippen molar-refractivity contribution in [1.82, 2.24) is 10.2 Å². The number of rotatable bonds is 12. The van der Waals surface area contributed by atoms with Crippen molar-refractivity contribution in [2.45, 2.75) is 25.3 Å². The first-order valence-electron chi connectivity index (χ1n) is 12.5.